The molecule has 3 N–H and O–H groups in total. The van der Waals surface area contributed by atoms with E-state index in [0.29, 0.717) is 11.3 Å². The Morgan fingerprint density at radius 1 is 0.971 bits per heavy atom. The number of benzene rings is 4. The molecule has 0 fully saturated rings. The lowest BCUT2D eigenvalue weighted by Gasteiger charge is -2.16. The van der Waals surface area contributed by atoms with Crippen molar-refractivity contribution < 1.29 is 25.3 Å². The SMILES string of the molecule is [2H]C([2H])([2H])c1ccc(C(=O)OC([2H])([2H])c2ccc([C@@H](CN)C(=O)Nc3ccc4ccccc4c3)cc2)c(C([2H])([2H])[2H])c1. The molecule has 1 atom stereocenters. The molecule has 4 aromatic carbocycles. The number of aryl methyl sites for hydroxylation is 2. The lowest BCUT2D eigenvalue weighted by atomic mass is 9.97. The first kappa shape index (κ1) is 15.0. The Morgan fingerprint density at radius 2 is 1.76 bits per heavy atom. The van der Waals surface area contributed by atoms with Crippen molar-refractivity contribution in [3.05, 3.63) is 113 Å². The number of ether oxygens (including phenoxy) is 1. The van der Waals surface area contributed by atoms with Crippen LogP contribution < -0.4 is 11.1 Å². The summed E-state index contributed by atoms with van der Waals surface area (Å²) in [5.74, 6) is -2.38. The van der Waals surface area contributed by atoms with Crippen LogP contribution in [0.1, 0.15) is 49.5 Å². The van der Waals surface area contributed by atoms with Crippen LogP contribution >= 0.6 is 0 Å². The topological polar surface area (TPSA) is 81.4 Å². The molecule has 172 valence electrons. The number of hydrogen-bond donors (Lipinski definition) is 2. The highest BCUT2D eigenvalue weighted by atomic mass is 16.5. The van der Waals surface area contributed by atoms with Crippen molar-refractivity contribution in [1.29, 1.82) is 0 Å². The minimum atomic E-state index is -2.85. The summed E-state index contributed by atoms with van der Waals surface area (Å²) in [6, 6.07) is 21.9. The van der Waals surface area contributed by atoms with Gasteiger partial charge in [-0.25, -0.2) is 4.79 Å². The van der Waals surface area contributed by atoms with Gasteiger partial charge in [-0.05, 0) is 59.4 Å². The largest absolute Gasteiger partial charge is 0.457 e. The Balaban J connectivity index is 1.51. The molecule has 0 spiro atoms. The van der Waals surface area contributed by atoms with Gasteiger partial charge in [0.1, 0.15) is 6.56 Å². The first-order chi connectivity index (χ1) is 19.6. The fourth-order valence-corrected chi connectivity index (χ4v) is 3.56. The zero-order valence-corrected chi connectivity index (χ0v) is 18.2. The molecule has 0 saturated carbocycles. The molecule has 0 unspecified atom stereocenters. The average Bonchev–Trinajstić information content (AvgIpc) is 2.92. The summed E-state index contributed by atoms with van der Waals surface area (Å²) in [4.78, 5) is 26.0. The maximum atomic E-state index is 13.0. The van der Waals surface area contributed by atoms with Gasteiger partial charge in [0.05, 0.1) is 14.2 Å². The Kier molecular flexibility index (Phi) is 4.56. The summed E-state index contributed by atoms with van der Waals surface area (Å²) < 4.78 is 67.5. The lowest BCUT2D eigenvalue weighted by Crippen LogP contribution is -2.27. The minimum Gasteiger partial charge on any atom is -0.457 e. The van der Waals surface area contributed by atoms with E-state index in [1.54, 1.807) is 6.07 Å². The van der Waals surface area contributed by atoms with E-state index < -0.39 is 43.3 Å². The van der Waals surface area contributed by atoms with E-state index in [-0.39, 0.29) is 23.6 Å². The number of fused-ring (bicyclic) bond motifs is 1. The fraction of sp³-hybridized carbons (Fsp3) is 0.172. The smallest absolute Gasteiger partial charge is 0.338 e. The number of nitrogens with one attached hydrogen (secondary N) is 1. The number of amides is 1. The standard InChI is InChI=1S/C29H28N2O3/c1-19-7-14-26(20(2)15-19)29(33)34-18-21-8-10-23(11-9-21)27(17-30)28(32)31-25-13-12-22-5-3-4-6-24(22)16-25/h3-16,27H,17-18,30H2,1-2H3,(H,31,32)/t27-/m1/s1/i1D3,2D3,18D2. The number of carbonyl (C=O) groups is 2. The Hall–Kier alpha value is -3.96. The number of anilines is 1. The third-order valence-electron chi connectivity index (χ3n) is 5.38. The molecular formula is C29H28N2O3. The molecule has 34 heavy (non-hydrogen) atoms. The minimum absolute atomic E-state index is 0.0230. The van der Waals surface area contributed by atoms with E-state index in [4.69, 9.17) is 21.4 Å². The van der Waals surface area contributed by atoms with E-state index in [9.17, 15) is 9.59 Å². The second kappa shape index (κ2) is 10.3. The second-order valence-electron chi connectivity index (χ2n) is 7.71. The monoisotopic (exact) mass is 460 g/mol. The van der Waals surface area contributed by atoms with Gasteiger partial charge in [-0.3, -0.25) is 4.79 Å². The van der Waals surface area contributed by atoms with Crippen LogP contribution in [0.25, 0.3) is 10.8 Å². The summed E-state index contributed by atoms with van der Waals surface area (Å²) in [7, 11) is 0. The maximum absolute atomic E-state index is 13.0. The quantitative estimate of drug-likeness (QED) is 0.357. The van der Waals surface area contributed by atoms with Crippen LogP contribution in [0.15, 0.2) is 84.9 Å². The van der Waals surface area contributed by atoms with E-state index in [1.165, 1.54) is 24.3 Å². The highest BCUT2D eigenvalue weighted by molar-refractivity contribution is 5.98. The Bertz CT molecular complexity index is 1620. The van der Waals surface area contributed by atoms with Crippen molar-refractivity contribution in [2.24, 2.45) is 5.73 Å². The normalized spacial score (nSPS) is 16.4. The van der Waals surface area contributed by atoms with Gasteiger partial charge in [0.2, 0.25) is 5.91 Å². The van der Waals surface area contributed by atoms with E-state index in [1.807, 2.05) is 36.4 Å². The third-order valence-corrected chi connectivity index (χ3v) is 5.38. The van der Waals surface area contributed by atoms with Crippen molar-refractivity contribution in [2.45, 2.75) is 26.2 Å². The van der Waals surface area contributed by atoms with Gasteiger partial charge in [0.15, 0.2) is 0 Å². The van der Waals surface area contributed by atoms with Crippen molar-refractivity contribution in [3.63, 3.8) is 0 Å². The average molecular weight is 461 g/mol. The van der Waals surface area contributed by atoms with Crippen LogP contribution in [0, 0.1) is 13.7 Å². The van der Waals surface area contributed by atoms with Gasteiger partial charge in [-0.15, -0.1) is 0 Å². The predicted octanol–water partition coefficient (Wildman–Crippen LogP) is 5.49. The van der Waals surface area contributed by atoms with Crippen LogP contribution in [0.3, 0.4) is 0 Å². The molecule has 0 aliphatic heterocycles. The molecule has 5 nitrogen and oxygen atoms in total. The molecular weight excluding hydrogens is 424 g/mol. The number of nitrogens with two attached hydrogens (primary N) is 1. The molecule has 0 aromatic heterocycles. The lowest BCUT2D eigenvalue weighted by molar-refractivity contribution is -0.117. The Morgan fingerprint density at radius 3 is 2.50 bits per heavy atom. The molecule has 0 saturated heterocycles. The highest BCUT2D eigenvalue weighted by Crippen LogP contribution is 2.22. The molecule has 4 rings (SSSR count). The van der Waals surface area contributed by atoms with Gasteiger partial charge < -0.3 is 15.8 Å². The van der Waals surface area contributed by atoms with Crippen LogP contribution in [0.5, 0.6) is 0 Å². The summed E-state index contributed by atoms with van der Waals surface area (Å²) >= 11 is 0. The van der Waals surface area contributed by atoms with Gasteiger partial charge >= 0.3 is 5.97 Å². The molecule has 0 bridgehead atoms. The van der Waals surface area contributed by atoms with Crippen LogP contribution in [0.2, 0.25) is 0 Å². The molecule has 0 aliphatic rings. The van der Waals surface area contributed by atoms with Gasteiger partial charge in [-0.2, -0.15) is 0 Å². The highest BCUT2D eigenvalue weighted by Gasteiger charge is 2.19. The van der Waals surface area contributed by atoms with E-state index in [2.05, 4.69) is 5.32 Å². The van der Waals surface area contributed by atoms with E-state index >= 15 is 0 Å². The van der Waals surface area contributed by atoms with Gasteiger partial charge in [0.25, 0.3) is 0 Å². The first-order valence-electron chi connectivity index (χ1n) is 14.6. The second-order valence-corrected chi connectivity index (χ2v) is 7.71. The first-order valence-corrected chi connectivity index (χ1v) is 10.6. The zero-order valence-electron chi connectivity index (χ0n) is 26.2. The summed E-state index contributed by atoms with van der Waals surface area (Å²) in [5, 5.41) is 4.84. The number of hydrogen-bond acceptors (Lipinski definition) is 4. The number of rotatable bonds is 7. The fourth-order valence-electron chi connectivity index (χ4n) is 3.56. The molecule has 5 heteroatoms. The van der Waals surface area contributed by atoms with Crippen molar-refractivity contribution >= 4 is 28.3 Å². The molecule has 0 aliphatic carbocycles. The maximum Gasteiger partial charge on any atom is 0.338 e. The van der Waals surface area contributed by atoms with Crippen molar-refractivity contribution in [3.8, 4) is 0 Å². The number of carbonyl (C=O) groups excluding carboxylic acids is 2. The molecule has 4 aromatic rings. The van der Waals surface area contributed by atoms with Crippen molar-refractivity contribution in [1.82, 2.24) is 0 Å². The molecule has 0 heterocycles. The summed E-state index contributed by atoms with van der Waals surface area (Å²) in [5.41, 5.74) is 5.63. The van der Waals surface area contributed by atoms with Crippen molar-refractivity contribution in [2.75, 3.05) is 11.9 Å². The predicted molar refractivity (Wildman–Crippen MR) is 136 cm³/mol. The Labute approximate surface area is 210 Å². The van der Waals surface area contributed by atoms with E-state index in [0.717, 1.165) is 29.0 Å². The van der Waals surface area contributed by atoms with Crippen LogP contribution in [0.4, 0.5) is 5.69 Å². The van der Waals surface area contributed by atoms with Gasteiger partial charge in [-0.1, -0.05) is 72.3 Å². The third kappa shape index (κ3) is 5.33. The number of esters is 1. The summed E-state index contributed by atoms with van der Waals surface area (Å²) in [6.07, 6.45) is 0. The molecule has 1 amide bonds. The van der Waals surface area contributed by atoms with Crippen LogP contribution in [-0.4, -0.2) is 18.4 Å². The van der Waals surface area contributed by atoms with Crippen LogP contribution in [-0.2, 0) is 16.1 Å². The summed E-state index contributed by atoms with van der Waals surface area (Å²) in [6.45, 7) is -8.16. The zero-order chi connectivity index (χ0) is 30.9. The molecule has 0 radical (unpaired) electrons. The van der Waals surface area contributed by atoms with Gasteiger partial charge in [0, 0.05) is 20.5 Å².